The zero-order valence-corrected chi connectivity index (χ0v) is 19.0. The lowest BCUT2D eigenvalue weighted by molar-refractivity contribution is -0.00260. The van der Waals surface area contributed by atoms with Crippen molar-refractivity contribution < 1.29 is 14.3 Å². The van der Waals surface area contributed by atoms with Gasteiger partial charge in [-0.1, -0.05) is 12.2 Å². The molecule has 1 atom stereocenters. The molecule has 2 aromatic rings. The van der Waals surface area contributed by atoms with Crippen molar-refractivity contribution >= 4 is 11.3 Å². The first-order chi connectivity index (χ1) is 14.5. The van der Waals surface area contributed by atoms with Crippen molar-refractivity contribution in [2.24, 2.45) is 0 Å². The summed E-state index contributed by atoms with van der Waals surface area (Å²) in [6, 6.07) is 8.32. The molecule has 3 heterocycles. The number of thiophene rings is 1. The van der Waals surface area contributed by atoms with Crippen molar-refractivity contribution in [1.82, 2.24) is 4.90 Å². The van der Waals surface area contributed by atoms with Crippen LogP contribution in [0.2, 0.25) is 0 Å². The van der Waals surface area contributed by atoms with Crippen molar-refractivity contribution in [2.75, 3.05) is 13.2 Å². The first-order valence-corrected chi connectivity index (χ1v) is 11.8. The van der Waals surface area contributed by atoms with E-state index in [9.17, 15) is 5.11 Å². The van der Waals surface area contributed by atoms with Crippen LogP contribution in [0.15, 0.2) is 54.0 Å². The molecule has 3 rings (SSSR count). The van der Waals surface area contributed by atoms with Gasteiger partial charge in [0.25, 0.3) is 0 Å². The summed E-state index contributed by atoms with van der Waals surface area (Å²) in [6.45, 7) is 13.1. The SMILES string of the molecule is C=CCCC(O)(CCC=C)c1ccc(CN(Cc2ccc(C)s2)C[C@H]2CCCO2)o1. The van der Waals surface area contributed by atoms with E-state index in [1.807, 2.05) is 35.6 Å². The van der Waals surface area contributed by atoms with Gasteiger partial charge in [-0.15, -0.1) is 24.5 Å². The average Bonchev–Trinajstić information content (AvgIpc) is 3.48. The molecular formula is C25H35NO3S. The molecule has 4 nitrogen and oxygen atoms in total. The van der Waals surface area contributed by atoms with Crippen molar-refractivity contribution in [2.45, 2.75) is 70.2 Å². The van der Waals surface area contributed by atoms with Gasteiger partial charge in [-0.25, -0.2) is 0 Å². The minimum atomic E-state index is -0.981. The Bertz CT molecular complexity index is 791. The fourth-order valence-electron chi connectivity index (χ4n) is 4.04. The molecule has 0 amide bonds. The summed E-state index contributed by atoms with van der Waals surface area (Å²) >= 11 is 1.84. The van der Waals surface area contributed by atoms with E-state index < -0.39 is 5.60 Å². The van der Waals surface area contributed by atoms with E-state index >= 15 is 0 Å². The van der Waals surface area contributed by atoms with Crippen molar-refractivity contribution in [3.8, 4) is 0 Å². The molecule has 1 aliphatic rings. The smallest absolute Gasteiger partial charge is 0.135 e. The van der Waals surface area contributed by atoms with Gasteiger partial charge < -0.3 is 14.3 Å². The normalized spacial score (nSPS) is 17.0. The lowest BCUT2D eigenvalue weighted by Crippen LogP contribution is -2.31. The summed E-state index contributed by atoms with van der Waals surface area (Å²) in [5.41, 5.74) is -0.981. The summed E-state index contributed by atoms with van der Waals surface area (Å²) in [6.07, 6.45) is 8.92. The Morgan fingerprint density at radius 3 is 2.53 bits per heavy atom. The van der Waals surface area contributed by atoms with E-state index in [-0.39, 0.29) is 6.10 Å². The van der Waals surface area contributed by atoms with Gasteiger partial charge in [0.15, 0.2) is 0 Å². The van der Waals surface area contributed by atoms with Gasteiger partial charge in [-0.2, -0.15) is 0 Å². The summed E-state index contributed by atoms with van der Waals surface area (Å²) in [4.78, 5) is 5.08. The van der Waals surface area contributed by atoms with E-state index in [2.05, 4.69) is 37.1 Å². The minimum Gasteiger partial charge on any atom is -0.462 e. The standard InChI is InChI=1S/C25H35NO3S/c1-4-6-14-25(27,15-7-5-2)24-13-11-22(29-24)18-26(17-21-9-8-16-28-21)19-23-12-10-20(3)30-23/h4-5,10-13,21,27H,1-2,6-9,14-19H2,3H3/t21-/m1/s1. The van der Waals surface area contributed by atoms with Crippen LogP contribution in [0.3, 0.4) is 0 Å². The van der Waals surface area contributed by atoms with Crippen LogP contribution in [0.4, 0.5) is 0 Å². The van der Waals surface area contributed by atoms with Crippen molar-refractivity contribution in [1.29, 1.82) is 0 Å². The number of allylic oxidation sites excluding steroid dienone is 2. The lowest BCUT2D eigenvalue weighted by atomic mass is 9.89. The quantitative estimate of drug-likeness (QED) is 0.400. The third-order valence-corrected chi connectivity index (χ3v) is 6.67. The molecule has 0 aromatic carbocycles. The van der Waals surface area contributed by atoms with Crippen LogP contribution in [0, 0.1) is 6.92 Å². The van der Waals surface area contributed by atoms with E-state index in [1.165, 1.54) is 9.75 Å². The predicted molar refractivity (Wildman–Crippen MR) is 124 cm³/mol. The minimum absolute atomic E-state index is 0.289. The Labute approximate surface area is 184 Å². The monoisotopic (exact) mass is 429 g/mol. The predicted octanol–water partition coefficient (Wildman–Crippen LogP) is 5.95. The Kier molecular flexibility index (Phi) is 8.51. The molecule has 1 N–H and O–H groups in total. The third-order valence-electron chi connectivity index (χ3n) is 5.69. The number of ether oxygens (including phenoxy) is 1. The second-order valence-corrected chi connectivity index (χ2v) is 9.64. The molecular weight excluding hydrogens is 394 g/mol. The molecule has 2 aromatic heterocycles. The molecule has 0 spiro atoms. The highest BCUT2D eigenvalue weighted by molar-refractivity contribution is 7.11. The Morgan fingerprint density at radius 1 is 1.17 bits per heavy atom. The number of furan rings is 1. The maximum Gasteiger partial charge on any atom is 0.135 e. The second kappa shape index (κ2) is 11.1. The average molecular weight is 430 g/mol. The van der Waals surface area contributed by atoms with Crippen LogP contribution in [-0.4, -0.2) is 29.3 Å². The van der Waals surface area contributed by atoms with Crippen LogP contribution in [0.5, 0.6) is 0 Å². The van der Waals surface area contributed by atoms with Gasteiger partial charge >= 0.3 is 0 Å². The number of aryl methyl sites for hydroxylation is 1. The summed E-state index contributed by atoms with van der Waals surface area (Å²) in [5, 5.41) is 11.2. The number of hydrogen-bond acceptors (Lipinski definition) is 5. The lowest BCUT2D eigenvalue weighted by Gasteiger charge is -2.26. The second-order valence-electron chi connectivity index (χ2n) is 8.27. The molecule has 5 heteroatoms. The maximum atomic E-state index is 11.2. The Hall–Kier alpha value is -1.66. The van der Waals surface area contributed by atoms with Crippen LogP contribution < -0.4 is 0 Å². The highest BCUT2D eigenvalue weighted by atomic mass is 32.1. The summed E-state index contributed by atoms with van der Waals surface area (Å²) in [7, 11) is 0. The number of nitrogens with zero attached hydrogens (tertiary/aromatic N) is 1. The molecule has 1 aliphatic heterocycles. The molecule has 0 radical (unpaired) electrons. The Morgan fingerprint density at radius 2 is 1.93 bits per heavy atom. The van der Waals surface area contributed by atoms with Gasteiger partial charge in [0, 0.05) is 29.5 Å². The van der Waals surface area contributed by atoms with E-state index in [4.69, 9.17) is 9.15 Å². The van der Waals surface area contributed by atoms with E-state index in [0.717, 1.165) is 51.1 Å². The van der Waals surface area contributed by atoms with Crippen LogP contribution in [0.1, 0.15) is 59.8 Å². The van der Waals surface area contributed by atoms with Gasteiger partial charge in [-0.05, 0) is 69.7 Å². The topological polar surface area (TPSA) is 45.8 Å². The highest BCUT2D eigenvalue weighted by Crippen LogP contribution is 2.33. The highest BCUT2D eigenvalue weighted by Gasteiger charge is 2.31. The number of aliphatic hydroxyl groups is 1. The molecule has 0 unspecified atom stereocenters. The molecule has 1 fully saturated rings. The molecule has 0 saturated carbocycles. The van der Waals surface area contributed by atoms with Gasteiger partial charge in [-0.3, -0.25) is 4.90 Å². The largest absolute Gasteiger partial charge is 0.462 e. The summed E-state index contributed by atoms with van der Waals surface area (Å²) in [5.74, 6) is 1.53. The molecule has 164 valence electrons. The van der Waals surface area contributed by atoms with Gasteiger partial charge in [0.2, 0.25) is 0 Å². The third kappa shape index (κ3) is 6.42. The zero-order valence-electron chi connectivity index (χ0n) is 18.1. The van der Waals surface area contributed by atoms with Gasteiger partial charge in [0.05, 0.1) is 12.6 Å². The maximum absolute atomic E-state index is 11.2. The van der Waals surface area contributed by atoms with Crippen molar-refractivity contribution in [3.05, 3.63) is 70.9 Å². The molecule has 30 heavy (non-hydrogen) atoms. The number of rotatable bonds is 13. The fraction of sp³-hybridized carbons (Fsp3) is 0.520. The van der Waals surface area contributed by atoms with Crippen LogP contribution >= 0.6 is 11.3 Å². The van der Waals surface area contributed by atoms with Crippen molar-refractivity contribution in [3.63, 3.8) is 0 Å². The number of hydrogen-bond donors (Lipinski definition) is 1. The van der Waals surface area contributed by atoms with Gasteiger partial charge in [0.1, 0.15) is 17.1 Å². The molecule has 1 saturated heterocycles. The molecule has 0 bridgehead atoms. The van der Waals surface area contributed by atoms with E-state index in [1.54, 1.807) is 0 Å². The van der Waals surface area contributed by atoms with Crippen LogP contribution in [-0.2, 0) is 23.4 Å². The fourth-order valence-corrected chi connectivity index (χ4v) is 4.97. The Balaban J connectivity index is 1.72. The first-order valence-electron chi connectivity index (χ1n) is 10.9. The molecule has 0 aliphatic carbocycles. The first kappa shape index (κ1) is 23.0. The zero-order chi connectivity index (χ0) is 21.4. The summed E-state index contributed by atoms with van der Waals surface area (Å²) < 4.78 is 12.1. The van der Waals surface area contributed by atoms with Crippen LogP contribution in [0.25, 0.3) is 0 Å². The van der Waals surface area contributed by atoms with E-state index in [0.29, 0.717) is 25.1 Å².